The molecular formula is C9H15O. The summed E-state index contributed by atoms with van der Waals surface area (Å²) in [4.78, 5) is 0. The van der Waals surface area contributed by atoms with Crippen LogP contribution in [0.2, 0.25) is 0 Å². The first-order valence-corrected chi connectivity index (χ1v) is 4.38. The van der Waals surface area contributed by atoms with Crippen molar-refractivity contribution in [3.63, 3.8) is 0 Å². The maximum Gasteiger partial charge on any atom is 0.0812 e. The van der Waals surface area contributed by atoms with E-state index in [0.717, 1.165) is 12.5 Å². The number of hydrogen-bond acceptors (Lipinski definition) is 1. The zero-order chi connectivity index (χ0) is 6.81. The van der Waals surface area contributed by atoms with Crippen molar-refractivity contribution in [3.05, 3.63) is 6.42 Å². The molecule has 1 aliphatic carbocycles. The van der Waals surface area contributed by atoms with Gasteiger partial charge in [0.1, 0.15) is 0 Å². The zero-order valence-electron chi connectivity index (χ0n) is 6.38. The summed E-state index contributed by atoms with van der Waals surface area (Å²) in [5.41, 5.74) is 0. The molecule has 1 unspecified atom stereocenters. The molecule has 1 radical (unpaired) electrons. The van der Waals surface area contributed by atoms with Crippen molar-refractivity contribution in [1.29, 1.82) is 0 Å². The third-order valence-corrected chi connectivity index (χ3v) is 2.56. The van der Waals surface area contributed by atoms with Crippen molar-refractivity contribution in [3.8, 4) is 0 Å². The lowest BCUT2D eigenvalue weighted by Crippen LogP contribution is -2.08. The second-order valence-electron chi connectivity index (χ2n) is 3.50. The van der Waals surface area contributed by atoms with Crippen LogP contribution in [0.25, 0.3) is 0 Å². The lowest BCUT2D eigenvalue weighted by molar-refractivity contribution is 0.314. The average molecular weight is 139 g/mol. The number of ether oxygens (including phenoxy) is 1. The fourth-order valence-electron chi connectivity index (χ4n) is 1.81. The molecule has 0 amide bonds. The molecule has 0 spiro atoms. The first-order valence-electron chi connectivity index (χ1n) is 4.38. The quantitative estimate of drug-likeness (QED) is 0.534. The number of epoxide rings is 1. The molecule has 10 heavy (non-hydrogen) atoms. The van der Waals surface area contributed by atoms with Crippen LogP contribution in [0.3, 0.4) is 0 Å². The highest BCUT2D eigenvalue weighted by atomic mass is 16.6. The Labute approximate surface area is 62.8 Å². The summed E-state index contributed by atoms with van der Waals surface area (Å²) in [5, 5.41) is 0. The van der Waals surface area contributed by atoms with Gasteiger partial charge in [0.25, 0.3) is 0 Å². The summed E-state index contributed by atoms with van der Waals surface area (Å²) in [6.07, 6.45) is 9.94. The van der Waals surface area contributed by atoms with Crippen LogP contribution in [0.5, 0.6) is 0 Å². The van der Waals surface area contributed by atoms with Gasteiger partial charge in [0.2, 0.25) is 0 Å². The van der Waals surface area contributed by atoms with Crippen LogP contribution in [0.4, 0.5) is 0 Å². The van der Waals surface area contributed by atoms with Gasteiger partial charge in [-0.3, -0.25) is 0 Å². The summed E-state index contributed by atoms with van der Waals surface area (Å²) < 4.78 is 5.20. The monoisotopic (exact) mass is 139 g/mol. The smallest absolute Gasteiger partial charge is 0.0812 e. The predicted molar refractivity (Wildman–Crippen MR) is 40.6 cm³/mol. The van der Waals surface area contributed by atoms with Crippen LogP contribution in [0, 0.1) is 12.3 Å². The van der Waals surface area contributed by atoms with Gasteiger partial charge in [-0.15, -0.1) is 0 Å². The van der Waals surface area contributed by atoms with E-state index in [2.05, 4.69) is 6.42 Å². The fourth-order valence-corrected chi connectivity index (χ4v) is 1.81. The minimum absolute atomic E-state index is 0.656. The first kappa shape index (κ1) is 6.66. The standard InChI is InChI=1S/C9H15O/c1-2-4-8(5-3-1)6-9-7-10-9/h1,8-9H,2-7H2. The Morgan fingerprint density at radius 3 is 2.60 bits per heavy atom. The van der Waals surface area contributed by atoms with E-state index in [1.807, 2.05) is 0 Å². The maximum absolute atomic E-state index is 5.20. The van der Waals surface area contributed by atoms with E-state index < -0.39 is 0 Å². The van der Waals surface area contributed by atoms with E-state index in [-0.39, 0.29) is 0 Å². The van der Waals surface area contributed by atoms with Crippen molar-refractivity contribution in [2.24, 2.45) is 5.92 Å². The van der Waals surface area contributed by atoms with Crippen LogP contribution in [-0.4, -0.2) is 12.7 Å². The van der Waals surface area contributed by atoms with E-state index in [1.165, 1.54) is 32.1 Å². The molecular weight excluding hydrogens is 124 g/mol. The van der Waals surface area contributed by atoms with Gasteiger partial charge < -0.3 is 4.74 Å². The highest BCUT2D eigenvalue weighted by molar-refractivity contribution is 4.81. The molecule has 0 aromatic rings. The largest absolute Gasteiger partial charge is 0.373 e. The van der Waals surface area contributed by atoms with Crippen molar-refractivity contribution >= 4 is 0 Å². The van der Waals surface area contributed by atoms with Crippen LogP contribution in [0.1, 0.15) is 32.1 Å². The Hall–Kier alpha value is -0.0400. The molecule has 1 heterocycles. The molecule has 1 aliphatic heterocycles. The van der Waals surface area contributed by atoms with Gasteiger partial charge in [-0.1, -0.05) is 12.8 Å². The van der Waals surface area contributed by atoms with Crippen molar-refractivity contribution in [2.75, 3.05) is 6.61 Å². The van der Waals surface area contributed by atoms with E-state index in [4.69, 9.17) is 4.74 Å². The topological polar surface area (TPSA) is 12.5 Å². The molecule has 1 saturated carbocycles. The molecule has 0 N–H and O–H groups in total. The van der Waals surface area contributed by atoms with Crippen LogP contribution in [0.15, 0.2) is 0 Å². The normalized spacial score (nSPS) is 34.2. The van der Waals surface area contributed by atoms with E-state index in [0.29, 0.717) is 6.10 Å². The van der Waals surface area contributed by atoms with Crippen LogP contribution in [-0.2, 0) is 4.74 Å². The Morgan fingerprint density at radius 1 is 1.30 bits per heavy atom. The lowest BCUT2D eigenvalue weighted by Gasteiger charge is -2.19. The molecule has 2 aliphatic rings. The molecule has 1 saturated heterocycles. The molecule has 1 nitrogen and oxygen atoms in total. The van der Waals surface area contributed by atoms with E-state index >= 15 is 0 Å². The Morgan fingerprint density at radius 2 is 2.00 bits per heavy atom. The Balaban J connectivity index is 1.69. The van der Waals surface area contributed by atoms with Gasteiger partial charge in [0.15, 0.2) is 0 Å². The number of rotatable bonds is 2. The Bertz CT molecular complexity index is 101. The van der Waals surface area contributed by atoms with Crippen molar-refractivity contribution in [2.45, 2.75) is 38.2 Å². The van der Waals surface area contributed by atoms with Crippen LogP contribution < -0.4 is 0 Å². The minimum atomic E-state index is 0.656. The summed E-state index contributed by atoms with van der Waals surface area (Å²) in [6, 6.07) is 0. The van der Waals surface area contributed by atoms with Crippen molar-refractivity contribution < 1.29 is 4.74 Å². The Kier molecular flexibility index (Phi) is 1.94. The first-order chi connectivity index (χ1) is 4.95. The molecule has 0 aromatic carbocycles. The van der Waals surface area contributed by atoms with E-state index in [9.17, 15) is 0 Å². The van der Waals surface area contributed by atoms with Gasteiger partial charge in [-0.05, 0) is 31.6 Å². The third kappa shape index (κ3) is 1.72. The van der Waals surface area contributed by atoms with Gasteiger partial charge >= 0.3 is 0 Å². The lowest BCUT2D eigenvalue weighted by atomic mass is 9.86. The molecule has 2 fully saturated rings. The van der Waals surface area contributed by atoms with Gasteiger partial charge in [-0.25, -0.2) is 0 Å². The van der Waals surface area contributed by atoms with E-state index in [1.54, 1.807) is 0 Å². The van der Waals surface area contributed by atoms with Crippen LogP contribution >= 0.6 is 0 Å². The molecule has 0 aromatic heterocycles. The fraction of sp³-hybridized carbons (Fsp3) is 0.889. The predicted octanol–water partition coefficient (Wildman–Crippen LogP) is 2.17. The summed E-state index contributed by atoms with van der Waals surface area (Å²) in [7, 11) is 0. The second kappa shape index (κ2) is 2.91. The second-order valence-corrected chi connectivity index (χ2v) is 3.50. The van der Waals surface area contributed by atoms with Gasteiger partial charge in [-0.2, -0.15) is 0 Å². The van der Waals surface area contributed by atoms with Gasteiger partial charge in [0, 0.05) is 0 Å². The maximum atomic E-state index is 5.20. The highest BCUT2D eigenvalue weighted by Crippen LogP contribution is 2.30. The summed E-state index contributed by atoms with van der Waals surface area (Å²) in [5.74, 6) is 0.984. The summed E-state index contributed by atoms with van der Waals surface area (Å²) >= 11 is 0. The molecule has 1 heteroatoms. The third-order valence-electron chi connectivity index (χ3n) is 2.56. The molecule has 0 bridgehead atoms. The molecule has 2 rings (SSSR count). The highest BCUT2D eigenvalue weighted by Gasteiger charge is 2.27. The average Bonchev–Trinajstić information content (AvgIpc) is 2.74. The zero-order valence-corrected chi connectivity index (χ0v) is 6.38. The molecule has 57 valence electrons. The number of hydrogen-bond donors (Lipinski definition) is 0. The summed E-state index contributed by atoms with van der Waals surface area (Å²) in [6.45, 7) is 1.04. The SMILES string of the molecule is [CH]1CCC(CC2CO2)CC1. The van der Waals surface area contributed by atoms with Gasteiger partial charge in [0.05, 0.1) is 12.7 Å². The van der Waals surface area contributed by atoms with Crippen molar-refractivity contribution in [1.82, 2.24) is 0 Å². The minimum Gasteiger partial charge on any atom is -0.373 e. The molecule has 1 atom stereocenters.